The van der Waals surface area contributed by atoms with Gasteiger partial charge in [-0.05, 0) is 45.2 Å². The Labute approximate surface area is 202 Å². The maximum Gasteiger partial charge on any atom is 0.316 e. The molecule has 4 aromatic rings. The quantitative estimate of drug-likeness (QED) is 0.482. The van der Waals surface area contributed by atoms with Gasteiger partial charge in [-0.15, -0.1) is 0 Å². The number of fused-ring (bicyclic) bond motifs is 2. The van der Waals surface area contributed by atoms with Crippen LogP contribution in [-0.2, 0) is 7.05 Å². The first kappa shape index (κ1) is 23.0. The summed E-state index contributed by atoms with van der Waals surface area (Å²) in [5, 5.41) is 8.29. The summed E-state index contributed by atoms with van der Waals surface area (Å²) in [6.07, 6.45) is 3.40. The molecule has 35 heavy (non-hydrogen) atoms. The molecule has 1 amide bonds. The Balaban J connectivity index is 1.54. The van der Waals surface area contributed by atoms with Crippen LogP contribution >= 0.6 is 0 Å². The van der Waals surface area contributed by atoms with Crippen molar-refractivity contribution in [3.05, 3.63) is 48.0 Å². The Morgan fingerprint density at radius 2 is 1.89 bits per heavy atom. The number of amides is 1. The number of nitrogens with one attached hydrogen (secondary N) is 1. The Kier molecular flexibility index (Phi) is 5.76. The molecule has 3 heterocycles. The smallest absolute Gasteiger partial charge is 0.316 e. The molecule has 0 saturated carbocycles. The molecule has 10 heteroatoms. The van der Waals surface area contributed by atoms with E-state index in [4.69, 9.17) is 4.74 Å². The van der Waals surface area contributed by atoms with Crippen molar-refractivity contribution in [3.8, 4) is 6.01 Å². The lowest BCUT2D eigenvalue weighted by molar-refractivity contribution is 0.102. The van der Waals surface area contributed by atoms with Gasteiger partial charge in [-0.1, -0.05) is 0 Å². The van der Waals surface area contributed by atoms with Crippen molar-refractivity contribution in [3.63, 3.8) is 0 Å². The SMILES string of the molecule is COc1ncc2c(N3C[C@@H](C)N(C)[C@@H](C)C3)ccc(C(=O)Nc3cc(F)c4nn(C)cc4c3)c2n1. The number of rotatable bonds is 4. The molecule has 2 aromatic carbocycles. The number of anilines is 2. The van der Waals surface area contributed by atoms with Crippen LogP contribution in [0.4, 0.5) is 15.8 Å². The average Bonchev–Trinajstić information content (AvgIpc) is 3.21. The van der Waals surface area contributed by atoms with Gasteiger partial charge < -0.3 is 15.0 Å². The Bertz CT molecular complexity index is 1420. The van der Waals surface area contributed by atoms with E-state index in [2.05, 4.69) is 51.1 Å². The number of halogens is 1. The van der Waals surface area contributed by atoms with Crippen molar-refractivity contribution >= 4 is 39.1 Å². The van der Waals surface area contributed by atoms with Crippen LogP contribution in [0.3, 0.4) is 0 Å². The summed E-state index contributed by atoms with van der Waals surface area (Å²) in [6.45, 7) is 6.09. The molecular formula is C25H28FN7O2. The second-order valence-electron chi connectivity index (χ2n) is 9.17. The van der Waals surface area contributed by atoms with Crippen LogP contribution in [0.15, 0.2) is 36.7 Å². The van der Waals surface area contributed by atoms with E-state index in [0.717, 1.165) is 24.2 Å². The van der Waals surface area contributed by atoms with Gasteiger partial charge in [0.05, 0.1) is 18.2 Å². The third-order valence-electron chi connectivity index (χ3n) is 6.77. The number of nitrogens with zero attached hydrogens (tertiary/aromatic N) is 6. The lowest BCUT2D eigenvalue weighted by Crippen LogP contribution is -2.55. The van der Waals surface area contributed by atoms with Gasteiger partial charge >= 0.3 is 6.01 Å². The zero-order valence-electron chi connectivity index (χ0n) is 20.4. The first-order valence-electron chi connectivity index (χ1n) is 11.5. The fourth-order valence-electron chi connectivity index (χ4n) is 4.73. The molecule has 1 N–H and O–H groups in total. The molecule has 0 bridgehead atoms. The minimum atomic E-state index is -0.499. The second kappa shape index (κ2) is 8.77. The maximum atomic E-state index is 14.5. The van der Waals surface area contributed by atoms with Crippen LogP contribution in [0.5, 0.6) is 6.01 Å². The highest BCUT2D eigenvalue weighted by Gasteiger charge is 2.28. The van der Waals surface area contributed by atoms with Crippen LogP contribution in [0, 0.1) is 5.82 Å². The lowest BCUT2D eigenvalue weighted by atomic mass is 10.0. The molecule has 1 fully saturated rings. The predicted octanol–water partition coefficient (Wildman–Crippen LogP) is 3.45. The van der Waals surface area contributed by atoms with E-state index in [1.807, 2.05) is 6.07 Å². The molecule has 2 aromatic heterocycles. The highest BCUT2D eigenvalue weighted by atomic mass is 19.1. The highest BCUT2D eigenvalue weighted by Crippen LogP contribution is 2.32. The summed E-state index contributed by atoms with van der Waals surface area (Å²) in [7, 11) is 5.35. The fraction of sp³-hybridized carbons (Fsp3) is 0.360. The summed E-state index contributed by atoms with van der Waals surface area (Å²) >= 11 is 0. The van der Waals surface area contributed by atoms with E-state index >= 15 is 0 Å². The van der Waals surface area contributed by atoms with Crippen molar-refractivity contribution in [2.24, 2.45) is 7.05 Å². The minimum Gasteiger partial charge on any atom is -0.467 e. The van der Waals surface area contributed by atoms with Crippen LogP contribution < -0.4 is 15.0 Å². The zero-order chi connectivity index (χ0) is 24.9. The second-order valence-corrected chi connectivity index (χ2v) is 9.17. The summed E-state index contributed by atoms with van der Waals surface area (Å²) < 4.78 is 21.3. The molecule has 0 radical (unpaired) electrons. The largest absolute Gasteiger partial charge is 0.467 e. The maximum absolute atomic E-state index is 14.5. The Hall–Kier alpha value is -3.79. The molecule has 0 spiro atoms. The summed E-state index contributed by atoms with van der Waals surface area (Å²) in [6, 6.07) is 7.57. The number of ether oxygens (including phenoxy) is 1. The molecule has 182 valence electrons. The summed E-state index contributed by atoms with van der Waals surface area (Å²) in [4.78, 5) is 26.8. The van der Waals surface area contributed by atoms with E-state index in [1.54, 1.807) is 31.6 Å². The number of hydrogen-bond acceptors (Lipinski definition) is 7. The highest BCUT2D eigenvalue weighted by molar-refractivity contribution is 6.14. The Morgan fingerprint density at radius 3 is 2.60 bits per heavy atom. The van der Waals surface area contributed by atoms with Gasteiger partial charge in [0, 0.05) is 66.8 Å². The zero-order valence-corrected chi connectivity index (χ0v) is 20.4. The Morgan fingerprint density at radius 1 is 1.14 bits per heavy atom. The normalized spacial score (nSPS) is 18.9. The molecule has 0 unspecified atom stereocenters. The van der Waals surface area contributed by atoms with Gasteiger partial charge in [-0.2, -0.15) is 10.1 Å². The molecule has 1 aliphatic rings. The molecular weight excluding hydrogens is 449 g/mol. The predicted molar refractivity (Wildman–Crippen MR) is 134 cm³/mol. The minimum absolute atomic E-state index is 0.173. The van der Waals surface area contributed by atoms with E-state index in [-0.39, 0.29) is 11.5 Å². The molecule has 5 rings (SSSR count). The number of hydrogen-bond donors (Lipinski definition) is 1. The first-order valence-corrected chi connectivity index (χ1v) is 11.5. The van der Waals surface area contributed by atoms with Crippen molar-refractivity contribution < 1.29 is 13.9 Å². The average molecular weight is 478 g/mol. The van der Waals surface area contributed by atoms with Crippen LogP contribution in [0.2, 0.25) is 0 Å². The standard InChI is InChI=1S/C25H28FN7O2/c1-14-11-33(12-15(2)32(14)4)21-7-6-18(23-19(21)10-27-25(29-23)35-5)24(34)28-17-8-16-13-31(3)30-22(16)20(26)9-17/h6-10,13-15H,11-12H2,1-5H3,(H,28,34)/t14-,15+. The first-order chi connectivity index (χ1) is 16.7. The number of carbonyl (C=O) groups is 1. The molecule has 1 saturated heterocycles. The van der Waals surface area contributed by atoms with Gasteiger partial charge in [0.2, 0.25) is 0 Å². The van der Waals surface area contributed by atoms with E-state index in [9.17, 15) is 9.18 Å². The van der Waals surface area contributed by atoms with Crippen LogP contribution in [0.1, 0.15) is 24.2 Å². The van der Waals surface area contributed by atoms with Crippen molar-refractivity contribution in [2.75, 3.05) is 37.5 Å². The van der Waals surface area contributed by atoms with Gasteiger partial charge in [0.1, 0.15) is 5.52 Å². The number of likely N-dealkylation sites (N-methyl/N-ethyl adjacent to an activating group) is 1. The monoisotopic (exact) mass is 477 g/mol. The van der Waals surface area contributed by atoms with Crippen molar-refractivity contribution in [1.82, 2.24) is 24.6 Å². The number of aryl methyl sites for hydroxylation is 1. The molecule has 1 aliphatic heterocycles. The van der Waals surface area contributed by atoms with E-state index in [0.29, 0.717) is 34.2 Å². The number of carbonyl (C=O) groups excluding carboxylic acids is 1. The number of benzene rings is 2. The van der Waals surface area contributed by atoms with Crippen molar-refractivity contribution in [1.29, 1.82) is 0 Å². The molecule has 2 atom stereocenters. The van der Waals surface area contributed by atoms with Crippen LogP contribution in [-0.4, -0.2) is 69.9 Å². The topological polar surface area (TPSA) is 88.4 Å². The fourth-order valence-corrected chi connectivity index (χ4v) is 4.73. The van der Waals surface area contributed by atoms with E-state index < -0.39 is 11.7 Å². The van der Waals surface area contributed by atoms with Gasteiger partial charge in [-0.3, -0.25) is 14.4 Å². The molecule has 0 aliphatic carbocycles. The number of piperazine rings is 1. The summed E-state index contributed by atoms with van der Waals surface area (Å²) in [5.74, 6) is -0.897. The van der Waals surface area contributed by atoms with Crippen molar-refractivity contribution in [2.45, 2.75) is 25.9 Å². The third kappa shape index (κ3) is 4.14. The van der Waals surface area contributed by atoms with Gasteiger partial charge in [0.25, 0.3) is 5.91 Å². The number of methoxy groups -OCH3 is 1. The lowest BCUT2D eigenvalue weighted by Gasteiger charge is -2.43. The molecule has 9 nitrogen and oxygen atoms in total. The van der Waals surface area contributed by atoms with Gasteiger partial charge in [-0.25, -0.2) is 9.37 Å². The van der Waals surface area contributed by atoms with Crippen LogP contribution in [0.25, 0.3) is 21.8 Å². The van der Waals surface area contributed by atoms with E-state index in [1.165, 1.54) is 17.9 Å². The van der Waals surface area contributed by atoms with Gasteiger partial charge in [0.15, 0.2) is 5.82 Å². The third-order valence-corrected chi connectivity index (χ3v) is 6.77. The summed E-state index contributed by atoms with van der Waals surface area (Å²) in [5.41, 5.74) is 2.40. The number of aromatic nitrogens is 4.